The Bertz CT molecular complexity index is 1170. The van der Waals surface area contributed by atoms with Crippen LogP contribution < -0.4 is 21.2 Å². The minimum atomic E-state index is -2.96. The maximum Gasteiger partial charge on any atom is 0.147 e. The van der Waals surface area contributed by atoms with Crippen molar-refractivity contribution in [3.63, 3.8) is 0 Å². The van der Waals surface area contributed by atoms with E-state index in [1.807, 2.05) is 97.1 Å². The molecule has 0 saturated carbocycles. The molecule has 0 radical (unpaired) electrons. The number of rotatable bonds is 7. The van der Waals surface area contributed by atoms with Crippen LogP contribution in [0.5, 0.6) is 0 Å². The summed E-state index contributed by atoms with van der Waals surface area (Å²) in [6.07, 6.45) is 0.349. The van der Waals surface area contributed by atoms with E-state index in [0.29, 0.717) is 6.16 Å². The molecule has 0 bridgehead atoms. The van der Waals surface area contributed by atoms with Gasteiger partial charge in [0.05, 0.1) is 0 Å². The van der Waals surface area contributed by atoms with E-state index in [-0.39, 0.29) is 0 Å². The normalized spacial score (nSPS) is 11.7. The molecular weight excluding hydrogens is 434 g/mol. The van der Waals surface area contributed by atoms with Crippen LogP contribution in [0.15, 0.2) is 133 Å². The highest BCUT2D eigenvalue weighted by Crippen LogP contribution is 2.57. The van der Waals surface area contributed by atoms with Gasteiger partial charge in [-0.3, -0.25) is 0 Å². The van der Waals surface area contributed by atoms with Crippen molar-refractivity contribution in [1.29, 1.82) is 0 Å². The summed E-state index contributed by atoms with van der Waals surface area (Å²) in [5.74, 6) is 0. The molecule has 0 aliphatic heterocycles. The fourth-order valence-corrected chi connectivity index (χ4v) is 11.2. The molecule has 0 saturated heterocycles. The van der Waals surface area contributed by atoms with E-state index in [2.05, 4.69) is 30.8 Å². The van der Waals surface area contributed by atoms with Crippen molar-refractivity contribution < 1.29 is 4.57 Å². The molecule has 0 aliphatic carbocycles. The quantitative estimate of drug-likeness (QED) is 0.333. The fraction of sp³-hybridized carbons (Fsp3) is 0.0370. The third kappa shape index (κ3) is 4.30. The van der Waals surface area contributed by atoms with E-state index in [1.165, 1.54) is 0 Å². The molecule has 4 rings (SSSR count). The molecular formula is C27H24OP2S. The summed E-state index contributed by atoms with van der Waals surface area (Å²) in [6, 6.07) is 37.5. The van der Waals surface area contributed by atoms with E-state index in [9.17, 15) is 4.57 Å². The zero-order valence-electron chi connectivity index (χ0n) is 17.2. The average molecular weight is 459 g/mol. The maximum absolute atomic E-state index is 14.6. The van der Waals surface area contributed by atoms with E-state index in [4.69, 9.17) is 11.8 Å². The molecule has 0 amide bonds. The van der Waals surface area contributed by atoms with Crippen molar-refractivity contribution in [2.75, 3.05) is 6.16 Å². The van der Waals surface area contributed by atoms with Crippen molar-refractivity contribution in [1.82, 2.24) is 0 Å². The van der Waals surface area contributed by atoms with Gasteiger partial charge < -0.3 is 4.57 Å². The highest BCUT2D eigenvalue weighted by Gasteiger charge is 2.34. The summed E-state index contributed by atoms with van der Waals surface area (Å²) in [6.45, 7) is 4.49. The monoisotopic (exact) mass is 458 g/mol. The van der Waals surface area contributed by atoms with Crippen LogP contribution in [0, 0.1) is 0 Å². The summed E-state index contributed by atoms with van der Waals surface area (Å²) in [7, 11) is -2.96. The molecule has 4 aromatic carbocycles. The number of hydrogen-bond acceptors (Lipinski definition) is 2. The SMILES string of the molecule is C=C(CP(=O)(c1ccccc1)c1ccccc1)P(=S)(c1ccccc1)c1ccccc1. The van der Waals surface area contributed by atoms with Gasteiger partial charge in [-0.15, -0.1) is 0 Å². The van der Waals surface area contributed by atoms with Crippen LogP contribution in [0.2, 0.25) is 0 Å². The van der Waals surface area contributed by atoms with Crippen molar-refractivity contribution >= 4 is 46.2 Å². The van der Waals surface area contributed by atoms with Crippen molar-refractivity contribution in [2.24, 2.45) is 0 Å². The second-order valence-corrected chi connectivity index (χ2v) is 14.8. The van der Waals surface area contributed by atoms with Crippen LogP contribution in [-0.4, -0.2) is 6.16 Å². The van der Waals surface area contributed by atoms with Gasteiger partial charge in [-0.25, -0.2) is 0 Å². The van der Waals surface area contributed by atoms with Crippen LogP contribution in [-0.2, 0) is 16.4 Å². The molecule has 0 unspecified atom stereocenters. The lowest BCUT2D eigenvalue weighted by Gasteiger charge is -2.29. The molecule has 4 aromatic rings. The third-order valence-electron chi connectivity index (χ3n) is 5.44. The first-order valence-electron chi connectivity index (χ1n) is 10.1. The van der Waals surface area contributed by atoms with Crippen LogP contribution in [0.3, 0.4) is 0 Å². The Morgan fingerprint density at radius 1 is 0.581 bits per heavy atom. The van der Waals surface area contributed by atoms with Gasteiger partial charge in [0.2, 0.25) is 0 Å². The molecule has 0 aliphatic rings. The van der Waals surface area contributed by atoms with Crippen molar-refractivity contribution in [2.45, 2.75) is 0 Å². The lowest BCUT2D eigenvalue weighted by atomic mass is 10.4. The first-order valence-corrected chi connectivity index (χ1v) is 14.8. The van der Waals surface area contributed by atoms with Gasteiger partial charge in [0.1, 0.15) is 7.14 Å². The Morgan fingerprint density at radius 3 is 1.19 bits per heavy atom. The van der Waals surface area contributed by atoms with Gasteiger partial charge in [0, 0.05) is 22.8 Å². The highest BCUT2D eigenvalue weighted by molar-refractivity contribution is 8.24. The fourth-order valence-electron chi connectivity index (χ4n) is 3.82. The van der Waals surface area contributed by atoms with E-state index < -0.39 is 13.2 Å². The van der Waals surface area contributed by atoms with Crippen molar-refractivity contribution in [3.8, 4) is 0 Å². The molecule has 31 heavy (non-hydrogen) atoms. The lowest BCUT2D eigenvalue weighted by Crippen LogP contribution is -2.23. The minimum Gasteiger partial charge on any atom is -0.313 e. The standard InChI is InChI=1S/C27H24OP2S/c1-23(30(31,26-18-10-4-11-19-26)27-20-12-5-13-21-27)22-29(28,24-14-6-2-7-15-24)25-16-8-3-9-17-25/h2-21H,1,22H2. The van der Waals surface area contributed by atoms with Gasteiger partial charge in [-0.05, 0) is 15.9 Å². The first-order chi connectivity index (χ1) is 15.0. The number of benzene rings is 4. The maximum atomic E-state index is 14.6. The lowest BCUT2D eigenvalue weighted by molar-refractivity contribution is 0.588. The second-order valence-electron chi connectivity index (χ2n) is 7.42. The van der Waals surface area contributed by atoms with E-state index in [0.717, 1.165) is 26.5 Å². The van der Waals surface area contributed by atoms with Crippen LogP contribution >= 0.6 is 13.2 Å². The van der Waals surface area contributed by atoms with Crippen LogP contribution in [0.1, 0.15) is 0 Å². The highest BCUT2D eigenvalue weighted by atomic mass is 32.4. The zero-order valence-corrected chi connectivity index (χ0v) is 19.8. The zero-order chi connectivity index (χ0) is 21.7. The molecule has 0 heterocycles. The van der Waals surface area contributed by atoms with Gasteiger partial charge >= 0.3 is 0 Å². The Morgan fingerprint density at radius 2 is 0.871 bits per heavy atom. The van der Waals surface area contributed by atoms with Crippen LogP contribution in [0.4, 0.5) is 0 Å². The average Bonchev–Trinajstić information content (AvgIpc) is 2.85. The Labute approximate surface area is 189 Å². The molecule has 0 aromatic heterocycles. The Hall–Kier alpha value is -2.50. The van der Waals surface area contributed by atoms with E-state index in [1.54, 1.807) is 0 Å². The molecule has 154 valence electrons. The summed E-state index contributed by atoms with van der Waals surface area (Å²) in [5.41, 5.74) is 0. The molecule has 0 N–H and O–H groups in total. The van der Waals surface area contributed by atoms with Gasteiger partial charge in [-0.2, -0.15) is 0 Å². The predicted molar refractivity (Wildman–Crippen MR) is 140 cm³/mol. The summed E-state index contributed by atoms with van der Waals surface area (Å²) in [4.78, 5) is 0. The topological polar surface area (TPSA) is 17.1 Å². The summed E-state index contributed by atoms with van der Waals surface area (Å²) in [5, 5.41) is 4.70. The van der Waals surface area contributed by atoms with Crippen LogP contribution in [0.25, 0.3) is 0 Å². The molecule has 0 spiro atoms. The molecule has 0 atom stereocenters. The number of hydrogen-bond donors (Lipinski definition) is 0. The summed E-state index contributed by atoms with van der Waals surface area (Å²) < 4.78 is 14.6. The van der Waals surface area contributed by atoms with Gasteiger partial charge in [-0.1, -0.05) is 140 Å². The largest absolute Gasteiger partial charge is 0.313 e. The first kappa shape index (κ1) is 21.7. The van der Waals surface area contributed by atoms with Gasteiger partial charge in [0.15, 0.2) is 0 Å². The summed E-state index contributed by atoms with van der Waals surface area (Å²) >= 11 is 6.42. The minimum absolute atomic E-state index is 0.349. The van der Waals surface area contributed by atoms with Gasteiger partial charge in [0.25, 0.3) is 0 Å². The van der Waals surface area contributed by atoms with Crippen molar-refractivity contribution in [3.05, 3.63) is 133 Å². The Kier molecular flexibility index (Phi) is 6.54. The number of allylic oxidation sites excluding steroid dienone is 1. The molecule has 1 nitrogen and oxygen atoms in total. The molecule has 4 heteroatoms. The molecule has 0 fully saturated rings. The van der Waals surface area contributed by atoms with E-state index >= 15 is 0 Å². The third-order valence-corrected chi connectivity index (χ3v) is 13.9. The predicted octanol–water partition coefficient (Wildman–Crippen LogP) is 5.64. The smallest absolute Gasteiger partial charge is 0.147 e. The second kappa shape index (κ2) is 9.33. The Balaban J connectivity index is 1.86.